The summed E-state index contributed by atoms with van der Waals surface area (Å²) in [6, 6.07) is 0. The summed E-state index contributed by atoms with van der Waals surface area (Å²) >= 11 is 0. The van der Waals surface area contributed by atoms with Crippen LogP contribution in [0.1, 0.15) is 33.6 Å². The van der Waals surface area contributed by atoms with Crippen LogP contribution in [-0.4, -0.2) is 101 Å². The van der Waals surface area contributed by atoms with Gasteiger partial charge in [-0.05, 0) is 32.2 Å². The Morgan fingerprint density at radius 3 is 2.45 bits per heavy atom. The maximum atomic E-state index is 11.9. The first-order valence-corrected chi connectivity index (χ1v) is 10.6. The van der Waals surface area contributed by atoms with E-state index in [1.54, 1.807) is 19.0 Å². The molecular formula is C20H42IN5O3. The maximum absolute atomic E-state index is 11.9. The van der Waals surface area contributed by atoms with Gasteiger partial charge in [0.25, 0.3) is 0 Å². The average Bonchev–Trinajstić information content (AvgIpc) is 2.68. The Bertz CT molecular complexity index is 457. The van der Waals surface area contributed by atoms with E-state index < -0.39 is 0 Å². The summed E-state index contributed by atoms with van der Waals surface area (Å²) in [6.45, 7) is 13.5. The average molecular weight is 527 g/mol. The van der Waals surface area contributed by atoms with Crippen molar-refractivity contribution in [2.45, 2.75) is 39.7 Å². The summed E-state index contributed by atoms with van der Waals surface area (Å²) in [5.41, 5.74) is 0. The largest absolute Gasteiger partial charge is 0.379 e. The van der Waals surface area contributed by atoms with Crippen LogP contribution in [0.15, 0.2) is 4.99 Å². The predicted molar refractivity (Wildman–Crippen MR) is 129 cm³/mol. The molecule has 1 aliphatic rings. The van der Waals surface area contributed by atoms with E-state index in [2.05, 4.69) is 34.4 Å². The fourth-order valence-electron chi connectivity index (χ4n) is 2.95. The van der Waals surface area contributed by atoms with Gasteiger partial charge in [0.05, 0.1) is 19.3 Å². The number of carbonyl (C=O) groups is 1. The van der Waals surface area contributed by atoms with Crippen LogP contribution < -0.4 is 10.6 Å². The molecule has 1 atom stereocenters. The lowest BCUT2D eigenvalue weighted by atomic mass is 10.0. The van der Waals surface area contributed by atoms with Gasteiger partial charge < -0.3 is 25.0 Å². The standard InChI is InChI=1S/C20H41N5O3.HI/c1-6-28-18(17(2)3)8-10-22-20(23-16-19(26)24(4)5)21-9-7-11-25-12-14-27-15-13-25;/h17-18H,6-16H2,1-5H3,(H2,21,22,23);1H. The zero-order chi connectivity index (χ0) is 20.8. The fourth-order valence-corrected chi connectivity index (χ4v) is 2.95. The van der Waals surface area contributed by atoms with Gasteiger partial charge >= 0.3 is 0 Å². The number of carbonyl (C=O) groups excluding carboxylic acids is 1. The third kappa shape index (κ3) is 13.3. The molecule has 0 aromatic rings. The third-order valence-electron chi connectivity index (χ3n) is 4.76. The van der Waals surface area contributed by atoms with E-state index in [0.717, 1.165) is 65.4 Å². The van der Waals surface area contributed by atoms with Crippen LogP contribution in [0.4, 0.5) is 0 Å². The van der Waals surface area contributed by atoms with E-state index in [-0.39, 0.29) is 42.5 Å². The Morgan fingerprint density at radius 2 is 1.86 bits per heavy atom. The highest BCUT2D eigenvalue weighted by atomic mass is 127. The Labute approximate surface area is 194 Å². The van der Waals surface area contributed by atoms with Crippen LogP contribution in [-0.2, 0) is 14.3 Å². The van der Waals surface area contributed by atoms with Crippen molar-refractivity contribution < 1.29 is 14.3 Å². The van der Waals surface area contributed by atoms with Gasteiger partial charge in [-0.3, -0.25) is 9.69 Å². The summed E-state index contributed by atoms with van der Waals surface area (Å²) in [7, 11) is 3.49. The number of hydrogen-bond donors (Lipinski definition) is 2. The van der Waals surface area contributed by atoms with Gasteiger partial charge in [0.2, 0.25) is 5.91 Å². The molecule has 1 aliphatic heterocycles. The summed E-state index contributed by atoms with van der Waals surface area (Å²) in [4.78, 5) is 20.3. The molecule has 0 saturated carbocycles. The minimum Gasteiger partial charge on any atom is -0.379 e. The number of ether oxygens (including phenoxy) is 2. The van der Waals surface area contributed by atoms with Crippen molar-refractivity contribution in [1.82, 2.24) is 20.4 Å². The van der Waals surface area contributed by atoms with Gasteiger partial charge in [-0.1, -0.05) is 13.8 Å². The molecule has 1 rings (SSSR count). The molecule has 0 aromatic heterocycles. The first-order valence-electron chi connectivity index (χ1n) is 10.6. The number of nitrogens with zero attached hydrogens (tertiary/aromatic N) is 3. The number of halogens is 1. The quantitative estimate of drug-likeness (QED) is 0.173. The molecule has 1 fully saturated rings. The topological polar surface area (TPSA) is 78.4 Å². The molecule has 1 saturated heterocycles. The molecule has 9 heteroatoms. The van der Waals surface area contributed by atoms with Crippen molar-refractivity contribution in [2.24, 2.45) is 10.9 Å². The third-order valence-corrected chi connectivity index (χ3v) is 4.76. The van der Waals surface area contributed by atoms with Gasteiger partial charge in [0, 0.05) is 46.9 Å². The number of nitrogens with one attached hydrogen (secondary N) is 2. The second-order valence-electron chi connectivity index (χ2n) is 7.64. The predicted octanol–water partition coefficient (Wildman–Crippen LogP) is 1.40. The van der Waals surface area contributed by atoms with E-state index >= 15 is 0 Å². The minimum absolute atomic E-state index is 0. The van der Waals surface area contributed by atoms with Crippen LogP contribution >= 0.6 is 24.0 Å². The first-order chi connectivity index (χ1) is 13.4. The zero-order valence-corrected chi connectivity index (χ0v) is 21.2. The van der Waals surface area contributed by atoms with E-state index in [0.29, 0.717) is 11.9 Å². The second-order valence-corrected chi connectivity index (χ2v) is 7.64. The molecule has 0 radical (unpaired) electrons. The van der Waals surface area contributed by atoms with E-state index in [9.17, 15) is 4.79 Å². The van der Waals surface area contributed by atoms with E-state index in [4.69, 9.17) is 9.47 Å². The lowest BCUT2D eigenvalue weighted by Gasteiger charge is -2.26. The molecule has 8 nitrogen and oxygen atoms in total. The van der Waals surface area contributed by atoms with Crippen LogP contribution in [0.2, 0.25) is 0 Å². The van der Waals surface area contributed by atoms with Crippen molar-refractivity contribution in [1.29, 1.82) is 0 Å². The van der Waals surface area contributed by atoms with E-state index in [1.165, 1.54) is 0 Å². The molecule has 0 aliphatic carbocycles. The normalized spacial score (nSPS) is 16.3. The molecule has 0 aromatic carbocycles. The number of likely N-dealkylation sites (N-methyl/N-ethyl adjacent to an activating group) is 1. The number of morpholine rings is 1. The Kier molecular flexibility index (Phi) is 16.7. The van der Waals surface area contributed by atoms with Gasteiger partial charge in [0.15, 0.2) is 5.96 Å². The summed E-state index contributed by atoms with van der Waals surface area (Å²) in [6.07, 6.45) is 2.15. The smallest absolute Gasteiger partial charge is 0.243 e. The molecule has 0 bridgehead atoms. The summed E-state index contributed by atoms with van der Waals surface area (Å²) in [5.74, 6) is 1.15. The molecule has 0 spiro atoms. The van der Waals surface area contributed by atoms with Crippen molar-refractivity contribution >= 4 is 35.8 Å². The fraction of sp³-hybridized carbons (Fsp3) is 0.900. The molecule has 1 amide bonds. The summed E-state index contributed by atoms with van der Waals surface area (Å²) in [5, 5.41) is 6.71. The SMILES string of the molecule is CCOC(CCNC(=NCC(=O)N(C)C)NCCCN1CCOCC1)C(C)C.I. The van der Waals surface area contributed by atoms with Crippen molar-refractivity contribution in [2.75, 3.05) is 73.2 Å². The summed E-state index contributed by atoms with van der Waals surface area (Å²) < 4.78 is 11.2. The second kappa shape index (κ2) is 17.1. The molecule has 172 valence electrons. The highest BCUT2D eigenvalue weighted by Gasteiger charge is 2.13. The lowest BCUT2D eigenvalue weighted by molar-refractivity contribution is -0.127. The molecule has 1 unspecified atom stereocenters. The Balaban J connectivity index is 0.00000784. The molecular weight excluding hydrogens is 485 g/mol. The number of guanidine groups is 1. The van der Waals surface area contributed by atoms with E-state index in [1.807, 2.05) is 6.92 Å². The van der Waals surface area contributed by atoms with Crippen molar-refractivity contribution in [3.05, 3.63) is 0 Å². The molecule has 29 heavy (non-hydrogen) atoms. The highest BCUT2D eigenvalue weighted by molar-refractivity contribution is 14.0. The van der Waals surface area contributed by atoms with Crippen LogP contribution in [0.5, 0.6) is 0 Å². The van der Waals surface area contributed by atoms with Gasteiger partial charge in [0.1, 0.15) is 6.54 Å². The zero-order valence-electron chi connectivity index (χ0n) is 18.9. The Hall–Kier alpha value is -0.650. The minimum atomic E-state index is -0.0104. The molecule has 2 N–H and O–H groups in total. The van der Waals surface area contributed by atoms with Crippen molar-refractivity contribution in [3.63, 3.8) is 0 Å². The number of rotatable bonds is 12. The first kappa shape index (κ1) is 28.4. The van der Waals surface area contributed by atoms with Gasteiger partial charge in [-0.2, -0.15) is 0 Å². The maximum Gasteiger partial charge on any atom is 0.243 e. The lowest BCUT2D eigenvalue weighted by Crippen LogP contribution is -2.42. The van der Waals surface area contributed by atoms with Gasteiger partial charge in [-0.25, -0.2) is 4.99 Å². The van der Waals surface area contributed by atoms with Gasteiger partial charge in [-0.15, -0.1) is 24.0 Å². The number of amides is 1. The Morgan fingerprint density at radius 1 is 1.21 bits per heavy atom. The number of hydrogen-bond acceptors (Lipinski definition) is 5. The number of aliphatic imine (C=N–C) groups is 1. The van der Waals surface area contributed by atoms with Crippen LogP contribution in [0.3, 0.4) is 0 Å². The highest BCUT2D eigenvalue weighted by Crippen LogP contribution is 2.09. The molecule has 1 heterocycles. The monoisotopic (exact) mass is 527 g/mol. The van der Waals surface area contributed by atoms with Crippen LogP contribution in [0.25, 0.3) is 0 Å². The van der Waals surface area contributed by atoms with Crippen LogP contribution in [0, 0.1) is 5.92 Å². The van der Waals surface area contributed by atoms with Crippen molar-refractivity contribution in [3.8, 4) is 0 Å².